The third-order valence-corrected chi connectivity index (χ3v) is 8.98. The van der Waals surface area contributed by atoms with Gasteiger partial charge in [0.05, 0.1) is 22.6 Å². The standard InChI is InChI=1S/C19H22N2O5S2/c1-26-16-4-6-17(7-5-16)28(24,25)21-13-10-15-14-18(8-9-19(15)21)27(22,23)20-11-2-3-12-20/h4-9,14H,2-3,10-13H2,1H3. The van der Waals surface area contributed by atoms with Crippen LogP contribution >= 0.6 is 0 Å². The van der Waals surface area contributed by atoms with E-state index in [1.54, 1.807) is 24.3 Å². The van der Waals surface area contributed by atoms with Gasteiger partial charge in [0.2, 0.25) is 10.0 Å². The number of fused-ring (bicyclic) bond motifs is 1. The molecule has 2 heterocycles. The fraction of sp³-hybridized carbons (Fsp3) is 0.368. The van der Waals surface area contributed by atoms with E-state index in [2.05, 4.69) is 0 Å². The SMILES string of the molecule is COc1ccc(S(=O)(=O)N2CCc3cc(S(=O)(=O)N4CCCC4)ccc32)cc1. The summed E-state index contributed by atoms with van der Waals surface area (Å²) in [6.07, 6.45) is 2.23. The fourth-order valence-electron chi connectivity index (χ4n) is 3.71. The fourth-order valence-corrected chi connectivity index (χ4v) is 6.78. The van der Waals surface area contributed by atoms with E-state index in [9.17, 15) is 16.8 Å². The molecule has 2 aliphatic rings. The predicted octanol–water partition coefficient (Wildman–Crippen LogP) is 2.23. The van der Waals surface area contributed by atoms with Gasteiger partial charge < -0.3 is 4.74 Å². The first kappa shape index (κ1) is 19.2. The molecule has 0 atom stereocenters. The molecular weight excluding hydrogens is 400 g/mol. The van der Waals surface area contributed by atoms with Gasteiger partial charge in [-0.2, -0.15) is 4.31 Å². The number of rotatable bonds is 5. The Hall–Kier alpha value is -2.10. The van der Waals surface area contributed by atoms with E-state index in [1.165, 1.54) is 33.9 Å². The molecule has 7 nitrogen and oxygen atoms in total. The van der Waals surface area contributed by atoms with Crippen LogP contribution in [-0.4, -0.2) is 47.9 Å². The van der Waals surface area contributed by atoms with Crippen molar-refractivity contribution in [1.82, 2.24) is 4.31 Å². The Morgan fingerprint density at radius 3 is 2.11 bits per heavy atom. The van der Waals surface area contributed by atoms with Gasteiger partial charge in [0.1, 0.15) is 5.75 Å². The number of methoxy groups -OCH3 is 1. The maximum atomic E-state index is 13.0. The Labute approximate surface area is 165 Å². The lowest BCUT2D eigenvalue weighted by molar-refractivity contribution is 0.414. The first-order valence-electron chi connectivity index (χ1n) is 9.14. The highest BCUT2D eigenvalue weighted by atomic mass is 32.2. The number of ether oxygens (including phenoxy) is 1. The van der Waals surface area contributed by atoms with Crippen LogP contribution in [0.3, 0.4) is 0 Å². The van der Waals surface area contributed by atoms with Gasteiger partial charge in [-0.05, 0) is 67.3 Å². The Morgan fingerprint density at radius 1 is 0.821 bits per heavy atom. The van der Waals surface area contributed by atoms with E-state index >= 15 is 0 Å². The van der Waals surface area contributed by atoms with Crippen molar-refractivity contribution in [3.63, 3.8) is 0 Å². The maximum absolute atomic E-state index is 13.0. The van der Waals surface area contributed by atoms with Gasteiger partial charge in [-0.3, -0.25) is 4.31 Å². The van der Waals surface area contributed by atoms with E-state index in [0.29, 0.717) is 30.9 Å². The molecule has 2 aromatic carbocycles. The molecule has 1 saturated heterocycles. The second-order valence-electron chi connectivity index (χ2n) is 6.90. The van der Waals surface area contributed by atoms with Crippen molar-refractivity contribution in [3.8, 4) is 5.75 Å². The minimum absolute atomic E-state index is 0.176. The predicted molar refractivity (Wildman–Crippen MR) is 106 cm³/mol. The zero-order chi connectivity index (χ0) is 19.9. The van der Waals surface area contributed by atoms with Crippen LogP contribution in [0.5, 0.6) is 5.75 Å². The third kappa shape index (κ3) is 3.17. The largest absolute Gasteiger partial charge is 0.497 e. The molecule has 0 spiro atoms. The van der Waals surface area contributed by atoms with Crippen LogP contribution in [-0.2, 0) is 26.5 Å². The molecule has 0 amide bonds. The maximum Gasteiger partial charge on any atom is 0.264 e. The first-order valence-corrected chi connectivity index (χ1v) is 12.0. The third-order valence-electron chi connectivity index (χ3n) is 5.25. The van der Waals surface area contributed by atoms with E-state index in [-0.39, 0.29) is 16.3 Å². The second kappa shape index (κ2) is 7.06. The highest BCUT2D eigenvalue weighted by Crippen LogP contribution is 2.35. The normalized spacial score (nSPS) is 17.7. The minimum Gasteiger partial charge on any atom is -0.497 e. The Kier molecular flexibility index (Phi) is 4.84. The summed E-state index contributed by atoms with van der Waals surface area (Å²) in [6.45, 7) is 1.37. The van der Waals surface area contributed by atoms with Crippen molar-refractivity contribution in [2.24, 2.45) is 0 Å². The molecule has 1 fully saturated rings. The van der Waals surface area contributed by atoms with Crippen molar-refractivity contribution in [2.75, 3.05) is 31.0 Å². The van der Waals surface area contributed by atoms with Gasteiger partial charge in [-0.1, -0.05) is 0 Å². The van der Waals surface area contributed by atoms with Crippen LogP contribution in [0.4, 0.5) is 5.69 Å². The molecule has 9 heteroatoms. The summed E-state index contributed by atoms with van der Waals surface area (Å²) in [5.74, 6) is 0.581. The molecule has 0 unspecified atom stereocenters. The quantitative estimate of drug-likeness (QED) is 0.738. The summed E-state index contributed by atoms with van der Waals surface area (Å²) >= 11 is 0. The Balaban J connectivity index is 1.66. The van der Waals surface area contributed by atoms with Crippen LogP contribution in [0.2, 0.25) is 0 Å². The molecule has 28 heavy (non-hydrogen) atoms. The van der Waals surface area contributed by atoms with Gasteiger partial charge in [0.15, 0.2) is 0 Å². The van der Waals surface area contributed by atoms with Crippen LogP contribution in [0, 0.1) is 0 Å². The molecule has 0 N–H and O–H groups in total. The topological polar surface area (TPSA) is 84.0 Å². The first-order chi connectivity index (χ1) is 13.3. The van der Waals surface area contributed by atoms with Gasteiger partial charge >= 0.3 is 0 Å². The average Bonchev–Trinajstić information content (AvgIpc) is 3.38. The van der Waals surface area contributed by atoms with E-state index < -0.39 is 20.0 Å². The summed E-state index contributed by atoms with van der Waals surface area (Å²) in [5, 5.41) is 0. The summed E-state index contributed by atoms with van der Waals surface area (Å²) in [4.78, 5) is 0.409. The number of hydrogen-bond acceptors (Lipinski definition) is 5. The van der Waals surface area contributed by atoms with Crippen molar-refractivity contribution in [3.05, 3.63) is 48.0 Å². The average molecular weight is 423 g/mol. The monoisotopic (exact) mass is 422 g/mol. The number of benzene rings is 2. The molecule has 150 valence electrons. The van der Waals surface area contributed by atoms with Crippen molar-refractivity contribution in [1.29, 1.82) is 0 Å². The number of hydrogen-bond donors (Lipinski definition) is 0. The lowest BCUT2D eigenvalue weighted by Crippen LogP contribution is -2.29. The van der Waals surface area contributed by atoms with E-state index in [0.717, 1.165) is 18.4 Å². The molecule has 0 bridgehead atoms. The summed E-state index contributed by atoms with van der Waals surface area (Å²) in [7, 11) is -5.72. The molecule has 4 rings (SSSR count). The van der Waals surface area contributed by atoms with Crippen LogP contribution in [0.25, 0.3) is 0 Å². The van der Waals surface area contributed by atoms with Crippen LogP contribution < -0.4 is 9.04 Å². The lowest BCUT2D eigenvalue weighted by Gasteiger charge is -2.20. The summed E-state index contributed by atoms with van der Waals surface area (Å²) in [5.41, 5.74) is 1.27. The van der Waals surface area contributed by atoms with Crippen LogP contribution in [0.1, 0.15) is 18.4 Å². The number of sulfonamides is 2. The second-order valence-corrected chi connectivity index (χ2v) is 10.7. The molecule has 0 aliphatic carbocycles. The van der Waals surface area contributed by atoms with Crippen molar-refractivity contribution >= 4 is 25.7 Å². The van der Waals surface area contributed by atoms with Crippen LogP contribution in [0.15, 0.2) is 52.3 Å². The van der Waals surface area contributed by atoms with Crippen molar-refractivity contribution in [2.45, 2.75) is 29.1 Å². The molecule has 0 saturated carbocycles. The molecule has 2 aliphatic heterocycles. The Morgan fingerprint density at radius 2 is 1.46 bits per heavy atom. The van der Waals surface area contributed by atoms with Gasteiger partial charge in [0.25, 0.3) is 10.0 Å². The molecule has 0 radical (unpaired) electrons. The Bertz CT molecular complexity index is 1090. The van der Waals surface area contributed by atoms with Gasteiger partial charge in [-0.25, -0.2) is 16.8 Å². The lowest BCUT2D eigenvalue weighted by atomic mass is 10.2. The minimum atomic E-state index is -3.72. The highest BCUT2D eigenvalue weighted by molar-refractivity contribution is 7.92. The highest BCUT2D eigenvalue weighted by Gasteiger charge is 2.33. The molecule has 2 aromatic rings. The van der Waals surface area contributed by atoms with Gasteiger partial charge in [0, 0.05) is 19.6 Å². The smallest absolute Gasteiger partial charge is 0.264 e. The number of anilines is 1. The number of nitrogens with zero attached hydrogens (tertiary/aromatic N) is 2. The van der Waals surface area contributed by atoms with E-state index in [4.69, 9.17) is 4.74 Å². The van der Waals surface area contributed by atoms with Gasteiger partial charge in [-0.15, -0.1) is 0 Å². The summed E-state index contributed by atoms with van der Waals surface area (Å²) in [6, 6.07) is 11.0. The zero-order valence-corrected chi connectivity index (χ0v) is 17.2. The molecule has 0 aromatic heterocycles. The van der Waals surface area contributed by atoms with Crippen molar-refractivity contribution < 1.29 is 21.6 Å². The zero-order valence-electron chi connectivity index (χ0n) is 15.5. The summed E-state index contributed by atoms with van der Waals surface area (Å²) < 4.78 is 59.6. The van der Waals surface area contributed by atoms with E-state index in [1.807, 2.05) is 0 Å². The molecular formula is C19H22N2O5S2.